The normalized spacial score (nSPS) is 19.5. The fraction of sp³-hybridized carbons (Fsp3) is 0.235. The molecule has 6 nitrogen and oxygen atoms in total. The zero-order valence-electron chi connectivity index (χ0n) is 12.4. The van der Waals surface area contributed by atoms with Gasteiger partial charge in [-0.25, -0.2) is 0 Å². The van der Waals surface area contributed by atoms with Gasteiger partial charge in [-0.1, -0.05) is 12.1 Å². The first-order chi connectivity index (χ1) is 10.9. The molecule has 1 unspecified atom stereocenters. The van der Waals surface area contributed by atoms with Gasteiger partial charge in [-0.3, -0.25) is 4.79 Å². The lowest BCUT2D eigenvalue weighted by Crippen LogP contribution is -2.34. The monoisotopic (exact) mass is 316 g/mol. The summed E-state index contributed by atoms with van der Waals surface area (Å²) in [7, 11) is 0. The second kappa shape index (κ2) is 5.72. The van der Waals surface area contributed by atoms with Crippen molar-refractivity contribution in [3.05, 3.63) is 47.5 Å². The zero-order chi connectivity index (χ0) is 16.6. The number of aromatic hydroxyl groups is 3. The first-order valence-corrected chi connectivity index (χ1v) is 7.11. The highest BCUT2D eigenvalue weighted by molar-refractivity contribution is 5.66. The zero-order valence-corrected chi connectivity index (χ0v) is 12.4. The van der Waals surface area contributed by atoms with Crippen LogP contribution in [-0.2, 0) is 16.0 Å². The molecule has 3 N–H and O–H groups in total. The van der Waals surface area contributed by atoms with Crippen LogP contribution in [0.4, 0.5) is 0 Å². The molecule has 0 saturated heterocycles. The molecular formula is C17H16O6. The summed E-state index contributed by atoms with van der Waals surface area (Å²) in [4.78, 5) is 11.4. The summed E-state index contributed by atoms with van der Waals surface area (Å²) in [6, 6.07) is 8.99. The second-order valence-electron chi connectivity index (χ2n) is 5.42. The van der Waals surface area contributed by atoms with Crippen LogP contribution in [0.1, 0.15) is 24.2 Å². The summed E-state index contributed by atoms with van der Waals surface area (Å²) in [6.07, 6.45) is -0.972. The lowest BCUT2D eigenvalue weighted by atomic mass is 9.93. The Labute approximate surface area is 132 Å². The van der Waals surface area contributed by atoms with E-state index in [1.807, 2.05) is 0 Å². The Balaban J connectivity index is 2.01. The second-order valence-corrected chi connectivity index (χ2v) is 5.42. The summed E-state index contributed by atoms with van der Waals surface area (Å²) < 4.78 is 11.2. The molecule has 2 aromatic rings. The quantitative estimate of drug-likeness (QED) is 0.736. The molecule has 6 heteroatoms. The number of phenolic OH excluding ortho intramolecular Hbond substituents is 3. The molecule has 2 aromatic carbocycles. The van der Waals surface area contributed by atoms with Gasteiger partial charge in [-0.2, -0.15) is 0 Å². The molecule has 1 aliphatic heterocycles. The largest absolute Gasteiger partial charge is 0.508 e. The van der Waals surface area contributed by atoms with Gasteiger partial charge < -0.3 is 24.8 Å². The van der Waals surface area contributed by atoms with Crippen molar-refractivity contribution in [3.8, 4) is 23.0 Å². The van der Waals surface area contributed by atoms with E-state index in [4.69, 9.17) is 9.47 Å². The summed E-state index contributed by atoms with van der Waals surface area (Å²) >= 11 is 0. The maximum Gasteiger partial charge on any atom is 0.303 e. The van der Waals surface area contributed by atoms with Crippen LogP contribution < -0.4 is 4.74 Å². The summed E-state index contributed by atoms with van der Waals surface area (Å²) in [5.41, 5.74) is 1.19. The van der Waals surface area contributed by atoms with Crippen LogP contribution in [-0.4, -0.2) is 27.4 Å². The minimum absolute atomic E-state index is 0.110. The highest BCUT2D eigenvalue weighted by Gasteiger charge is 2.35. The maximum atomic E-state index is 11.4. The molecule has 0 saturated carbocycles. The third-order valence-electron chi connectivity index (χ3n) is 3.71. The minimum atomic E-state index is -0.625. The smallest absolute Gasteiger partial charge is 0.303 e. The first kappa shape index (κ1) is 15.0. The Hall–Kier alpha value is -2.89. The fourth-order valence-corrected chi connectivity index (χ4v) is 2.71. The Morgan fingerprint density at radius 1 is 1.13 bits per heavy atom. The number of fused-ring (bicyclic) bond motifs is 1. The topological polar surface area (TPSA) is 96.2 Å². The van der Waals surface area contributed by atoms with Gasteiger partial charge in [0.25, 0.3) is 0 Å². The molecule has 0 spiro atoms. The van der Waals surface area contributed by atoms with E-state index < -0.39 is 18.2 Å². The molecule has 0 fully saturated rings. The van der Waals surface area contributed by atoms with Crippen molar-refractivity contribution < 1.29 is 29.6 Å². The Morgan fingerprint density at radius 3 is 2.48 bits per heavy atom. The van der Waals surface area contributed by atoms with Gasteiger partial charge >= 0.3 is 5.97 Å². The molecule has 120 valence electrons. The van der Waals surface area contributed by atoms with Crippen LogP contribution in [0.5, 0.6) is 23.0 Å². The molecule has 0 aromatic heterocycles. The molecule has 1 aliphatic rings. The van der Waals surface area contributed by atoms with Crippen LogP contribution in [0.2, 0.25) is 0 Å². The van der Waals surface area contributed by atoms with E-state index in [1.54, 1.807) is 12.1 Å². The van der Waals surface area contributed by atoms with Crippen molar-refractivity contribution in [1.29, 1.82) is 0 Å². The molecule has 1 heterocycles. The Bertz CT molecular complexity index is 737. The van der Waals surface area contributed by atoms with Gasteiger partial charge in [0.1, 0.15) is 29.1 Å². The number of rotatable bonds is 2. The van der Waals surface area contributed by atoms with Gasteiger partial charge in [0.05, 0.1) is 0 Å². The van der Waals surface area contributed by atoms with Crippen molar-refractivity contribution in [2.75, 3.05) is 0 Å². The number of hydrogen-bond donors (Lipinski definition) is 3. The van der Waals surface area contributed by atoms with Crippen LogP contribution in [0, 0.1) is 0 Å². The van der Waals surface area contributed by atoms with Crippen molar-refractivity contribution in [2.45, 2.75) is 25.6 Å². The molecule has 23 heavy (non-hydrogen) atoms. The maximum absolute atomic E-state index is 11.4. The van der Waals surface area contributed by atoms with Crippen molar-refractivity contribution in [3.63, 3.8) is 0 Å². The molecule has 2 atom stereocenters. The Morgan fingerprint density at radius 2 is 1.83 bits per heavy atom. The van der Waals surface area contributed by atoms with Gasteiger partial charge in [0.15, 0.2) is 6.10 Å². The SMILES string of the molecule is CC(=O)O[C@@H]1Cc2c(O)cc(O)cc2OC1c1ccc(O)cc1. The van der Waals surface area contributed by atoms with Gasteiger partial charge in [-0.15, -0.1) is 0 Å². The molecule has 0 amide bonds. The van der Waals surface area contributed by atoms with Gasteiger partial charge in [0, 0.05) is 31.0 Å². The highest BCUT2D eigenvalue weighted by Crippen LogP contribution is 2.42. The molecule has 3 rings (SSSR count). The molecule has 0 bridgehead atoms. The molecule has 0 aliphatic carbocycles. The van der Waals surface area contributed by atoms with E-state index in [1.165, 1.54) is 31.2 Å². The lowest BCUT2D eigenvalue weighted by Gasteiger charge is -2.33. The van der Waals surface area contributed by atoms with Crippen molar-refractivity contribution in [1.82, 2.24) is 0 Å². The summed E-state index contributed by atoms with van der Waals surface area (Å²) in [6.45, 7) is 1.31. The highest BCUT2D eigenvalue weighted by atomic mass is 16.6. The number of carbonyl (C=O) groups is 1. The third-order valence-corrected chi connectivity index (χ3v) is 3.71. The van der Waals surface area contributed by atoms with Gasteiger partial charge in [-0.05, 0) is 17.7 Å². The number of carbonyl (C=O) groups excluding carboxylic acids is 1. The predicted octanol–water partition coefficient (Wildman–Crippen LogP) is 2.41. The number of hydrogen-bond acceptors (Lipinski definition) is 6. The molecular weight excluding hydrogens is 300 g/mol. The minimum Gasteiger partial charge on any atom is -0.508 e. The van der Waals surface area contributed by atoms with E-state index in [0.29, 0.717) is 16.9 Å². The van der Waals surface area contributed by atoms with E-state index >= 15 is 0 Å². The Kier molecular flexibility index (Phi) is 3.73. The van der Waals surface area contributed by atoms with Crippen LogP contribution in [0.3, 0.4) is 0 Å². The van der Waals surface area contributed by atoms with Crippen LogP contribution in [0.15, 0.2) is 36.4 Å². The third kappa shape index (κ3) is 3.01. The van der Waals surface area contributed by atoms with E-state index in [-0.39, 0.29) is 23.7 Å². The van der Waals surface area contributed by atoms with Crippen molar-refractivity contribution >= 4 is 5.97 Å². The standard InChI is InChI=1S/C17H16O6/c1-9(18)22-16-8-13-14(21)6-12(20)7-15(13)23-17(16)10-2-4-11(19)5-3-10/h2-7,16-17,19-21H,8H2,1H3/t16-,17?/m1/s1. The van der Waals surface area contributed by atoms with Crippen LogP contribution >= 0.6 is 0 Å². The van der Waals surface area contributed by atoms with Crippen LogP contribution in [0.25, 0.3) is 0 Å². The fourth-order valence-electron chi connectivity index (χ4n) is 2.71. The predicted molar refractivity (Wildman–Crippen MR) is 80.5 cm³/mol. The average Bonchev–Trinajstić information content (AvgIpc) is 2.47. The average molecular weight is 316 g/mol. The number of ether oxygens (including phenoxy) is 2. The van der Waals surface area contributed by atoms with Gasteiger partial charge in [0.2, 0.25) is 0 Å². The van der Waals surface area contributed by atoms with Crippen molar-refractivity contribution in [2.24, 2.45) is 0 Å². The number of benzene rings is 2. The molecule has 0 radical (unpaired) electrons. The summed E-state index contributed by atoms with van der Waals surface area (Å²) in [5, 5.41) is 29.0. The van der Waals surface area contributed by atoms with E-state index in [2.05, 4.69) is 0 Å². The summed E-state index contributed by atoms with van der Waals surface area (Å²) in [5.74, 6) is -0.227. The first-order valence-electron chi connectivity index (χ1n) is 7.11. The lowest BCUT2D eigenvalue weighted by molar-refractivity contribution is -0.152. The van der Waals surface area contributed by atoms with E-state index in [9.17, 15) is 20.1 Å². The number of esters is 1. The van der Waals surface area contributed by atoms with E-state index in [0.717, 1.165) is 0 Å². The number of phenols is 3.